The molecule has 0 aromatic heterocycles. The normalized spacial score (nSPS) is 10.1. The third kappa shape index (κ3) is 4.23. The molecule has 0 saturated carbocycles. The minimum absolute atomic E-state index is 0.281. The zero-order chi connectivity index (χ0) is 10.2. The fraction of sp³-hybridized carbons (Fsp3) is 0.455. The Balaban J connectivity index is 2.18. The zero-order valence-corrected chi connectivity index (χ0v) is 8.33. The summed E-state index contributed by atoms with van der Waals surface area (Å²) in [6, 6.07) is 6.10. The molecule has 0 atom stereocenters. The molecule has 0 amide bonds. The van der Waals surface area contributed by atoms with Crippen LogP contribution in [0.1, 0.15) is 13.3 Å². The Morgan fingerprint density at radius 1 is 1.21 bits per heavy atom. The molecule has 0 unspecified atom stereocenters. The van der Waals surface area contributed by atoms with Crippen LogP contribution in [0.5, 0.6) is 5.75 Å². The highest BCUT2D eigenvalue weighted by molar-refractivity contribution is 5.22. The summed E-state index contributed by atoms with van der Waals surface area (Å²) in [5.41, 5.74) is 0. The predicted molar refractivity (Wildman–Crippen MR) is 53.0 cm³/mol. The Bertz CT molecular complexity index is 263. The molecule has 0 aliphatic carbocycles. The van der Waals surface area contributed by atoms with Crippen molar-refractivity contribution in [2.45, 2.75) is 13.3 Å². The van der Waals surface area contributed by atoms with E-state index in [2.05, 4.69) is 0 Å². The molecule has 0 spiro atoms. The largest absolute Gasteiger partial charge is 0.491 e. The first-order valence-corrected chi connectivity index (χ1v) is 4.79. The van der Waals surface area contributed by atoms with E-state index in [0.29, 0.717) is 19.0 Å². The molecule has 14 heavy (non-hydrogen) atoms. The van der Waals surface area contributed by atoms with Crippen LogP contribution in [0.15, 0.2) is 24.3 Å². The highest BCUT2D eigenvalue weighted by Crippen LogP contribution is 2.11. The first-order valence-electron chi connectivity index (χ1n) is 4.79. The van der Waals surface area contributed by atoms with Crippen molar-refractivity contribution in [1.82, 2.24) is 0 Å². The van der Waals surface area contributed by atoms with Gasteiger partial charge in [0, 0.05) is 12.7 Å². The molecule has 0 aliphatic rings. The summed E-state index contributed by atoms with van der Waals surface area (Å²) in [5, 5.41) is 0. The molecular formula is C11H15FO2. The van der Waals surface area contributed by atoms with E-state index in [-0.39, 0.29) is 5.82 Å². The van der Waals surface area contributed by atoms with Crippen LogP contribution >= 0.6 is 0 Å². The van der Waals surface area contributed by atoms with Gasteiger partial charge in [-0.2, -0.15) is 0 Å². The van der Waals surface area contributed by atoms with Crippen molar-refractivity contribution >= 4 is 0 Å². The summed E-state index contributed by atoms with van der Waals surface area (Å²) >= 11 is 0. The summed E-state index contributed by atoms with van der Waals surface area (Å²) in [5.74, 6) is 0.266. The molecule has 0 radical (unpaired) electrons. The Labute approximate surface area is 83.6 Å². The van der Waals surface area contributed by atoms with Gasteiger partial charge in [-0.25, -0.2) is 4.39 Å². The molecule has 0 saturated heterocycles. The lowest BCUT2D eigenvalue weighted by Gasteiger charge is -2.06. The summed E-state index contributed by atoms with van der Waals surface area (Å²) < 4.78 is 23.2. The molecular weight excluding hydrogens is 183 g/mol. The molecule has 0 aliphatic heterocycles. The van der Waals surface area contributed by atoms with Gasteiger partial charge in [-0.3, -0.25) is 0 Å². The fourth-order valence-corrected chi connectivity index (χ4v) is 1.02. The van der Waals surface area contributed by atoms with Crippen LogP contribution in [0, 0.1) is 5.82 Å². The molecule has 0 fully saturated rings. The number of benzene rings is 1. The Morgan fingerprint density at radius 2 is 2.07 bits per heavy atom. The molecule has 78 valence electrons. The third-order valence-electron chi connectivity index (χ3n) is 1.64. The molecule has 1 aromatic rings. The minimum atomic E-state index is -0.281. The van der Waals surface area contributed by atoms with Gasteiger partial charge in [0.15, 0.2) is 0 Å². The standard InChI is InChI=1S/C11H15FO2/c1-2-6-13-7-8-14-11-5-3-4-10(12)9-11/h3-5,9H,2,6-8H2,1H3. The van der Waals surface area contributed by atoms with E-state index in [9.17, 15) is 4.39 Å². The number of halogens is 1. The number of rotatable bonds is 6. The summed E-state index contributed by atoms with van der Waals surface area (Å²) in [6.07, 6.45) is 1.000. The summed E-state index contributed by atoms with van der Waals surface area (Å²) in [4.78, 5) is 0. The van der Waals surface area contributed by atoms with Gasteiger partial charge < -0.3 is 9.47 Å². The first-order chi connectivity index (χ1) is 6.83. The molecule has 1 rings (SSSR count). The van der Waals surface area contributed by atoms with Crippen molar-refractivity contribution < 1.29 is 13.9 Å². The van der Waals surface area contributed by atoms with Crippen LogP contribution in [0.4, 0.5) is 4.39 Å². The van der Waals surface area contributed by atoms with Gasteiger partial charge in [-0.05, 0) is 18.6 Å². The van der Waals surface area contributed by atoms with Gasteiger partial charge in [-0.15, -0.1) is 0 Å². The van der Waals surface area contributed by atoms with E-state index in [4.69, 9.17) is 9.47 Å². The van der Waals surface area contributed by atoms with E-state index in [0.717, 1.165) is 13.0 Å². The average Bonchev–Trinajstić information content (AvgIpc) is 2.18. The monoisotopic (exact) mass is 198 g/mol. The van der Waals surface area contributed by atoms with Gasteiger partial charge in [0.1, 0.15) is 18.2 Å². The van der Waals surface area contributed by atoms with Crippen molar-refractivity contribution in [2.75, 3.05) is 19.8 Å². The lowest BCUT2D eigenvalue weighted by molar-refractivity contribution is 0.100. The second-order valence-electron chi connectivity index (χ2n) is 2.92. The molecule has 0 N–H and O–H groups in total. The smallest absolute Gasteiger partial charge is 0.126 e. The maximum Gasteiger partial charge on any atom is 0.126 e. The Kier molecular flexibility index (Phi) is 5.00. The molecule has 0 bridgehead atoms. The van der Waals surface area contributed by atoms with Crippen LogP contribution in [-0.2, 0) is 4.74 Å². The summed E-state index contributed by atoms with van der Waals surface area (Å²) in [7, 11) is 0. The van der Waals surface area contributed by atoms with Crippen molar-refractivity contribution in [1.29, 1.82) is 0 Å². The van der Waals surface area contributed by atoms with E-state index in [1.807, 2.05) is 6.92 Å². The van der Waals surface area contributed by atoms with Crippen LogP contribution in [0.25, 0.3) is 0 Å². The highest BCUT2D eigenvalue weighted by Gasteiger charge is 1.95. The van der Waals surface area contributed by atoms with E-state index in [1.54, 1.807) is 12.1 Å². The van der Waals surface area contributed by atoms with Gasteiger partial charge >= 0.3 is 0 Å². The van der Waals surface area contributed by atoms with Crippen molar-refractivity contribution in [3.63, 3.8) is 0 Å². The zero-order valence-electron chi connectivity index (χ0n) is 8.33. The summed E-state index contributed by atoms with van der Waals surface area (Å²) in [6.45, 7) is 3.80. The van der Waals surface area contributed by atoms with Crippen molar-refractivity contribution in [3.8, 4) is 5.75 Å². The quantitative estimate of drug-likeness (QED) is 0.654. The third-order valence-corrected chi connectivity index (χ3v) is 1.64. The van der Waals surface area contributed by atoms with E-state index < -0.39 is 0 Å². The van der Waals surface area contributed by atoms with Gasteiger partial charge in [0.25, 0.3) is 0 Å². The SMILES string of the molecule is CCCOCCOc1cccc(F)c1. The minimum Gasteiger partial charge on any atom is -0.491 e. The fourth-order valence-electron chi connectivity index (χ4n) is 1.02. The Morgan fingerprint density at radius 3 is 2.79 bits per heavy atom. The maximum atomic E-state index is 12.7. The molecule has 3 heteroatoms. The van der Waals surface area contributed by atoms with Crippen LogP contribution in [0.3, 0.4) is 0 Å². The van der Waals surface area contributed by atoms with Crippen LogP contribution in [0.2, 0.25) is 0 Å². The molecule has 0 heterocycles. The van der Waals surface area contributed by atoms with E-state index in [1.165, 1.54) is 12.1 Å². The predicted octanol–water partition coefficient (Wildman–Crippen LogP) is 2.63. The maximum absolute atomic E-state index is 12.7. The van der Waals surface area contributed by atoms with Crippen LogP contribution < -0.4 is 4.74 Å². The molecule has 1 aromatic carbocycles. The topological polar surface area (TPSA) is 18.5 Å². The van der Waals surface area contributed by atoms with Crippen LogP contribution in [-0.4, -0.2) is 19.8 Å². The Hall–Kier alpha value is -1.09. The van der Waals surface area contributed by atoms with Gasteiger partial charge in [0.05, 0.1) is 6.61 Å². The first kappa shape index (κ1) is 11.0. The lowest BCUT2D eigenvalue weighted by atomic mass is 10.3. The average molecular weight is 198 g/mol. The second kappa shape index (κ2) is 6.38. The van der Waals surface area contributed by atoms with Gasteiger partial charge in [0.2, 0.25) is 0 Å². The number of hydrogen-bond donors (Lipinski definition) is 0. The second-order valence-corrected chi connectivity index (χ2v) is 2.92. The lowest BCUT2D eigenvalue weighted by Crippen LogP contribution is -2.07. The molecule has 2 nitrogen and oxygen atoms in total. The van der Waals surface area contributed by atoms with Crippen molar-refractivity contribution in [2.24, 2.45) is 0 Å². The van der Waals surface area contributed by atoms with Crippen molar-refractivity contribution in [3.05, 3.63) is 30.1 Å². The van der Waals surface area contributed by atoms with E-state index >= 15 is 0 Å². The number of ether oxygens (including phenoxy) is 2. The van der Waals surface area contributed by atoms with Gasteiger partial charge in [-0.1, -0.05) is 13.0 Å². The number of hydrogen-bond acceptors (Lipinski definition) is 2. The highest BCUT2D eigenvalue weighted by atomic mass is 19.1.